The second-order valence-electron chi connectivity index (χ2n) is 20.0. The number of hydrogen-bond acceptors (Lipinski definition) is 14. The lowest BCUT2D eigenvalue weighted by Gasteiger charge is -2.72. The average molecular weight is 783 g/mol. The molecule has 2 aliphatic heterocycles. The van der Waals surface area contributed by atoms with Crippen LogP contribution in [0.15, 0.2) is 11.6 Å². The van der Waals surface area contributed by atoms with Gasteiger partial charge in [-0.2, -0.15) is 0 Å². The molecule has 314 valence electrons. The summed E-state index contributed by atoms with van der Waals surface area (Å²) in [5, 5.41) is 96.3. The lowest BCUT2D eigenvalue weighted by molar-refractivity contribution is -0.309. The molecule has 0 radical (unpaired) electrons. The molecular formula is C41H66O14. The summed E-state index contributed by atoms with van der Waals surface area (Å²) in [5.74, 6) is -1.61. The maximum atomic E-state index is 14.6. The summed E-state index contributed by atoms with van der Waals surface area (Å²) in [6.07, 6.45) is -7.13. The fraction of sp³-hybridized carbons (Fsp3) is 0.927. The predicted molar refractivity (Wildman–Crippen MR) is 194 cm³/mol. The summed E-state index contributed by atoms with van der Waals surface area (Å²) >= 11 is 0. The zero-order chi connectivity index (χ0) is 40.4. The third kappa shape index (κ3) is 5.89. The Morgan fingerprint density at radius 1 is 0.818 bits per heavy atom. The standard InChI is InChI=1S/C41H66O14/c1-19-21(43)16-41(35(50)55-34-31(49)29(47)28(46)23(17-42)53-34)15-14-38(5)20(32(41)40(19,7)51)8-9-25-37(4)12-11-26(36(2,3)24(37)10-13-39(25,38)6)54-33-30(48)27(45)22(44)18-52-33/h8,19,21-34,42-49,51H,9-18H2,1-7H3/t19-,21-,22+,23-,24+,25-,26+,27+,28-,29+,30-,31-,32-,33+,34+,37+,38-,39-,40-,41-/m1/s1. The highest BCUT2D eigenvalue weighted by Crippen LogP contribution is 2.76. The Kier molecular flexibility index (Phi) is 10.6. The van der Waals surface area contributed by atoms with Crippen LogP contribution in [0.3, 0.4) is 0 Å². The van der Waals surface area contributed by atoms with Gasteiger partial charge in [-0.05, 0) is 91.8 Å². The SMILES string of the molecule is C[C@@H]1[C@H](O)C[C@]2(C(=O)O[C@@H]3O[C@H](CO)[C@@H](O)[C@H](O)[C@H]3O)CC[C@]3(C)C(=CC[C@@H]4[C@@]5(C)CC[C@H](O[C@@H]6OC[C@H](O)[C@H](O)[C@H]6O)C(C)(C)[C@@H]5CC[C@]43C)[C@@H]2[C@]1(C)O. The minimum atomic E-state index is -1.78. The number of rotatable bonds is 5. The number of esters is 1. The van der Waals surface area contributed by atoms with Gasteiger partial charge in [0.05, 0.1) is 36.4 Å². The second-order valence-corrected chi connectivity index (χ2v) is 20.0. The lowest BCUT2D eigenvalue weighted by Crippen LogP contribution is -2.70. The molecule has 55 heavy (non-hydrogen) atoms. The van der Waals surface area contributed by atoms with Crippen molar-refractivity contribution in [2.75, 3.05) is 13.2 Å². The van der Waals surface area contributed by atoms with Gasteiger partial charge in [0, 0.05) is 11.8 Å². The van der Waals surface area contributed by atoms with E-state index in [-0.39, 0.29) is 53.6 Å². The topological polar surface area (TPSA) is 236 Å². The molecule has 4 saturated carbocycles. The highest BCUT2D eigenvalue weighted by Gasteiger charge is 2.73. The molecule has 0 amide bonds. The first-order valence-electron chi connectivity index (χ1n) is 20.5. The third-order valence-corrected chi connectivity index (χ3v) is 17.3. The highest BCUT2D eigenvalue weighted by atomic mass is 16.7. The number of allylic oxidation sites excluding steroid dienone is 1. The molecule has 2 saturated heterocycles. The van der Waals surface area contributed by atoms with Gasteiger partial charge >= 0.3 is 5.97 Å². The van der Waals surface area contributed by atoms with Gasteiger partial charge in [0.1, 0.15) is 42.7 Å². The Labute approximate surface area is 323 Å². The monoisotopic (exact) mass is 782 g/mol. The van der Waals surface area contributed by atoms with E-state index in [9.17, 15) is 50.8 Å². The van der Waals surface area contributed by atoms with Crippen LogP contribution in [-0.4, -0.2) is 138 Å². The fourth-order valence-electron chi connectivity index (χ4n) is 13.6. The van der Waals surface area contributed by atoms with Gasteiger partial charge in [0.25, 0.3) is 0 Å². The molecule has 5 aliphatic carbocycles. The van der Waals surface area contributed by atoms with Gasteiger partial charge in [-0.25, -0.2) is 0 Å². The molecule has 9 N–H and O–H groups in total. The van der Waals surface area contributed by atoms with Crippen LogP contribution >= 0.6 is 0 Å². The van der Waals surface area contributed by atoms with Crippen molar-refractivity contribution in [1.82, 2.24) is 0 Å². The molecule has 0 aromatic carbocycles. The molecule has 6 fully saturated rings. The van der Waals surface area contributed by atoms with Crippen LogP contribution in [0.4, 0.5) is 0 Å². The zero-order valence-electron chi connectivity index (χ0n) is 33.4. The van der Waals surface area contributed by atoms with Crippen LogP contribution in [0.1, 0.15) is 99.8 Å². The molecule has 0 bridgehead atoms. The Morgan fingerprint density at radius 2 is 1.49 bits per heavy atom. The molecule has 14 heteroatoms. The molecule has 0 spiro atoms. The van der Waals surface area contributed by atoms with Crippen molar-refractivity contribution in [3.63, 3.8) is 0 Å². The first kappa shape index (κ1) is 41.9. The normalized spacial score (nSPS) is 56.2. The summed E-state index contributed by atoms with van der Waals surface area (Å²) in [5.41, 5.74) is -3.06. The van der Waals surface area contributed by atoms with Crippen LogP contribution in [0, 0.1) is 50.7 Å². The van der Waals surface area contributed by atoms with Crippen molar-refractivity contribution >= 4 is 5.97 Å². The minimum absolute atomic E-state index is 0.0174. The zero-order valence-corrected chi connectivity index (χ0v) is 33.4. The van der Waals surface area contributed by atoms with E-state index in [0.29, 0.717) is 19.3 Å². The molecule has 7 rings (SSSR count). The second kappa shape index (κ2) is 13.9. The Bertz CT molecular complexity index is 1500. The molecule has 0 unspecified atom stereocenters. The number of aliphatic hydroxyl groups excluding tert-OH is 8. The van der Waals surface area contributed by atoms with Crippen LogP contribution in [0.2, 0.25) is 0 Å². The quantitative estimate of drug-likeness (QED) is 0.107. The molecule has 7 aliphatic rings. The number of hydrogen-bond donors (Lipinski definition) is 9. The van der Waals surface area contributed by atoms with Crippen molar-refractivity contribution in [2.45, 2.75) is 173 Å². The summed E-state index contributed by atoms with van der Waals surface area (Å²) in [4.78, 5) is 14.6. The first-order valence-corrected chi connectivity index (χ1v) is 20.5. The number of ether oxygens (including phenoxy) is 4. The molecule has 14 nitrogen and oxygen atoms in total. The van der Waals surface area contributed by atoms with E-state index in [1.165, 1.54) is 0 Å². The molecule has 20 atom stereocenters. The Morgan fingerprint density at radius 3 is 2.16 bits per heavy atom. The van der Waals surface area contributed by atoms with Crippen LogP contribution in [-0.2, 0) is 23.7 Å². The molecule has 0 aromatic rings. The lowest BCUT2D eigenvalue weighted by atomic mass is 9.33. The van der Waals surface area contributed by atoms with E-state index in [2.05, 4.69) is 40.7 Å². The smallest absolute Gasteiger partial charge is 0.315 e. The minimum Gasteiger partial charge on any atom is -0.432 e. The van der Waals surface area contributed by atoms with Gasteiger partial charge in [0.2, 0.25) is 6.29 Å². The number of carbonyl (C=O) groups excluding carboxylic acids is 1. The van der Waals surface area contributed by atoms with Gasteiger partial charge in [-0.15, -0.1) is 0 Å². The largest absolute Gasteiger partial charge is 0.432 e. The summed E-state index contributed by atoms with van der Waals surface area (Å²) < 4.78 is 23.6. The van der Waals surface area contributed by atoms with Crippen molar-refractivity contribution in [1.29, 1.82) is 0 Å². The van der Waals surface area contributed by atoms with Gasteiger partial charge in [-0.1, -0.05) is 53.2 Å². The Hall–Kier alpha value is -1.27. The number of carbonyl (C=O) groups is 1. The van der Waals surface area contributed by atoms with E-state index in [1.807, 2.05) is 0 Å². The van der Waals surface area contributed by atoms with E-state index in [0.717, 1.165) is 24.8 Å². The number of fused-ring (bicyclic) bond motifs is 7. The van der Waals surface area contributed by atoms with Crippen LogP contribution in [0.5, 0.6) is 0 Å². The summed E-state index contributed by atoms with van der Waals surface area (Å²) in [6, 6.07) is 0. The van der Waals surface area contributed by atoms with E-state index >= 15 is 0 Å². The summed E-state index contributed by atoms with van der Waals surface area (Å²) in [6.45, 7) is 14.2. The molecule has 2 heterocycles. The molecular weight excluding hydrogens is 716 g/mol. The Balaban J connectivity index is 1.20. The van der Waals surface area contributed by atoms with Gasteiger partial charge < -0.3 is 64.9 Å². The van der Waals surface area contributed by atoms with Crippen LogP contribution < -0.4 is 0 Å². The van der Waals surface area contributed by atoms with E-state index < -0.39 is 102 Å². The summed E-state index contributed by atoms with van der Waals surface area (Å²) in [7, 11) is 0. The van der Waals surface area contributed by atoms with Crippen molar-refractivity contribution in [3.8, 4) is 0 Å². The van der Waals surface area contributed by atoms with Gasteiger partial charge in [0.15, 0.2) is 6.29 Å². The van der Waals surface area contributed by atoms with Crippen LogP contribution in [0.25, 0.3) is 0 Å². The highest BCUT2D eigenvalue weighted by molar-refractivity contribution is 5.79. The predicted octanol–water partition coefficient (Wildman–Crippen LogP) is 0.897. The fourth-order valence-corrected chi connectivity index (χ4v) is 13.6. The van der Waals surface area contributed by atoms with Crippen molar-refractivity contribution < 1.29 is 69.7 Å². The average Bonchev–Trinajstić information content (AvgIpc) is 3.12. The van der Waals surface area contributed by atoms with Gasteiger partial charge in [-0.3, -0.25) is 4.79 Å². The maximum absolute atomic E-state index is 14.6. The van der Waals surface area contributed by atoms with E-state index in [1.54, 1.807) is 13.8 Å². The first-order chi connectivity index (χ1) is 25.5. The van der Waals surface area contributed by atoms with Crippen molar-refractivity contribution in [2.24, 2.45) is 50.7 Å². The number of aliphatic hydroxyl groups is 9. The van der Waals surface area contributed by atoms with E-state index in [4.69, 9.17) is 18.9 Å². The third-order valence-electron chi connectivity index (χ3n) is 17.3. The maximum Gasteiger partial charge on any atom is 0.315 e. The van der Waals surface area contributed by atoms with Crippen molar-refractivity contribution in [3.05, 3.63) is 11.6 Å². The molecule has 0 aromatic heterocycles.